The Kier molecular flexibility index (Phi) is 4.36. The Labute approximate surface area is 133 Å². The van der Waals surface area contributed by atoms with Crippen LogP contribution in [0.2, 0.25) is 0 Å². The normalized spacial score (nSPS) is 20.9. The molecule has 0 radical (unpaired) electrons. The van der Waals surface area contributed by atoms with Crippen LogP contribution in [0.25, 0.3) is 0 Å². The molecule has 9 heteroatoms. The molecule has 1 amide bonds. The number of hydrogen-bond donors (Lipinski definition) is 2. The molecule has 1 heterocycles. The summed E-state index contributed by atoms with van der Waals surface area (Å²) in [6, 6.07) is 4.41. The minimum absolute atomic E-state index is 0.0876. The Hall–Kier alpha value is -2.16. The molecule has 1 aromatic carbocycles. The predicted octanol–water partition coefficient (Wildman–Crippen LogP) is 2.35. The van der Waals surface area contributed by atoms with E-state index < -0.39 is 22.4 Å². The minimum atomic E-state index is -1.34. The second-order valence-corrected chi connectivity index (χ2v) is 6.16. The van der Waals surface area contributed by atoms with E-state index in [-0.39, 0.29) is 37.2 Å². The maximum absolute atomic E-state index is 11.6. The van der Waals surface area contributed by atoms with Crippen molar-refractivity contribution in [1.29, 1.82) is 0 Å². The van der Waals surface area contributed by atoms with Crippen molar-refractivity contribution in [3.8, 4) is 0 Å². The third kappa shape index (κ3) is 3.03. The van der Waals surface area contributed by atoms with E-state index in [1.807, 2.05) is 0 Å². The van der Waals surface area contributed by atoms with Gasteiger partial charge in [-0.1, -0.05) is 22.0 Å². The number of carbonyl (C=O) groups is 2. The van der Waals surface area contributed by atoms with Gasteiger partial charge in [0, 0.05) is 29.2 Å². The van der Waals surface area contributed by atoms with E-state index in [0.717, 1.165) is 4.90 Å². The van der Waals surface area contributed by atoms with E-state index in [4.69, 9.17) is 5.11 Å². The molecule has 1 fully saturated rings. The van der Waals surface area contributed by atoms with Crippen LogP contribution in [0, 0.1) is 15.5 Å². The zero-order valence-corrected chi connectivity index (χ0v) is 12.9. The highest BCUT2D eigenvalue weighted by Crippen LogP contribution is 2.37. The fourth-order valence-corrected chi connectivity index (χ4v) is 3.00. The zero-order chi connectivity index (χ0) is 16.5. The molecule has 2 rings (SSSR count). The van der Waals surface area contributed by atoms with E-state index in [1.165, 1.54) is 12.1 Å². The molecule has 0 aromatic heterocycles. The first-order valence-electron chi connectivity index (χ1n) is 6.39. The average molecular weight is 373 g/mol. The van der Waals surface area contributed by atoms with E-state index in [2.05, 4.69) is 15.9 Å². The van der Waals surface area contributed by atoms with Crippen LogP contribution in [0.15, 0.2) is 22.7 Å². The van der Waals surface area contributed by atoms with E-state index in [0.29, 0.717) is 4.47 Å². The number of likely N-dealkylation sites (tertiary alicyclic amines) is 1. The first kappa shape index (κ1) is 16.2. The van der Waals surface area contributed by atoms with Gasteiger partial charge >= 0.3 is 12.1 Å². The molecule has 118 valence electrons. The first-order valence-corrected chi connectivity index (χ1v) is 7.18. The van der Waals surface area contributed by atoms with Crippen LogP contribution < -0.4 is 0 Å². The molecule has 0 aliphatic carbocycles. The number of nitro groups is 1. The largest absolute Gasteiger partial charge is 0.481 e. The molecular weight excluding hydrogens is 360 g/mol. The van der Waals surface area contributed by atoms with Crippen molar-refractivity contribution >= 4 is 33.7 Å². The third-order valence-corrected chi connectivity index (χ3v) is 4.34. The minimum Gasteiger partial charge on any atom is -0.481 e. The second-order valence-electron chi connectivity index (χ2n) is 5.25. The quantitative estimate of drug-likeness (QED) is 0.617. The van der Waals surface area contributed by atoms with Crippen LogP contribution in [0.1, 0.15) is 12.0 Å². The number of rotatable bonds is 4. The maximum atomic E-state index is 11.6. The van der Waals surface area contributed by atoms with Crippen LogP contribution in [0.4, 0.5) is 10.5 Å². The number of nitrogens with zero attached hydrogens (tertiary/aromatic N) is 2. The predicted molar refractivity (Wildman–Crippen MR) is 78.8 cm³/mol. The average Bonchev–Trinajstić information content (AvgIpc) is 2.86. The summed E-state index contributed by atoms with van der Waals surface area (Å²) in [5.74, 6) is -1.14. The Balaban J connectivity index is 2.36. The Morgan fingerprint density at radius 2 is 2.09 bits per heavy atom. The second kappa shape index (κ2) is 5.91. The van der Waals surface area contributed by atoms with Gasteiger partial charge in [0.25, 0.3) is 5.69 Å². The molecule has 22 heavy (non-hydrogen) atoms. The molecular formula is C13H13BrN2O6. The molecule has 8 nitrogen and oxygen atoms in total. The van der Waals surface area contributed by atoms with Crippen LogP contribution in [-0.4, -0.2) is 45.2 Å². The number of halogens is 1. The van der Waals surface area contributed by atoms with Gasteiger partial charge < -0.3 is 15.1 Å². The SMILES string of the molecule is O=C(O)N1CCC(Cc2ccc(Br)cc2[N+](=O)[O-])(C(=O)O)C1. The fourth-order valence-electron chi connectivity index (χ4n) is 2.65. The van der Waals surface area contributed by atoms with Gasteiger partial charge in [-0.15, -0.1) is 0 Å². The molecule has 0 spiro atoms. The molecule has 0 bridgehead atoms. The highest BCUT2D eigenvalue weighted by atomic mass is 79.9. The summed E-state index contributed by atoms with van der Waals surface area (Å²) < 4.78 is 0.519. The molecule has 2 N–H and O–H groups in total. The van der Waals surface area contributed by atoms with Crippen molar-refractivity contribution in [1.82, 2.24) is 4.90 Å². The number of hydrogen-bond acceptors (Lipinski definition) is 4. The van der Waals surface area contributed by atoms with Crippen molar-refractivity contribution < 1.29 is 24.7 Å². The highest BCUT2D eigenvalue weighted by Gasteiger charge is 2.47. The van der Waals surface area contributed by atoms with E-state index in [9.17, 15) is 24.8 Å². The van der Waals surface area contributed by atoms with E-state index >= 15 is 0 Å². The smallest absolute Gasteiger partial charge is 0.407 e. The van der Waals surface area contributed by atoms with Crippen LogP contribution >= 0.6 is 15.9 Å². The number of nitro benzene ring substituents is 1. The zero-order valence-electron chi connectivity index (χ0n) is 11.4. The summed E-state index contributed by atoms with van der Waals surface area (Å²) in [6.07, 6.45) is -1.15. The molecule has 1 aliphatic rings. The van der Waals surface area contributed by atoms with Gasteiger partial charge in [0.15, 0.2) is 0 Å². The molecule has 1 atom stereocenters. The van der Waals surface area contributed by atoms with Gasteiger partial charge in [0.05, 0.1) is 10.3 Å². The van der Waals surface area contributed by atoms with Crippen molar-refractivity contribution in [2.24, 2.45) is 5.41 Å². The monoisotopic (exact) mass is 372 g/mol. The van der Waals surface area contributed by atoms with Crippen molar-refractivity contribution in [3.05, 3.63) is 38.3 Å². The van der Waals surface area contributed by atoms with Gasteiger partial charge in [-0.3, -0.25) is 14.9 Å². The summed E-state index contributed by atoms with van der Waals surface area (Å²) in [5.41, 5.74) is -1.23. The summed E-state index contributed by atoms with van der Waals surface area (Å²) in [5, 5.41) is 29.6. The Morgan fingerprint density at radius 3 is 2.59 bits per heavy atom. The summed E-state index contributed by atoms with van der Waals surface area (Å²) in [7, 11) is 0. The number of carboxylic acid groups (broad SMARTS) is 2. The highest BCUT2D eigenvalue weighted by molar-refractivity contribution is 9.10. The standard InChI is InChI=1S/C13H13BrN2O6/c14-9-2-1-8(10(5-9)16(21)22)6-13(11(17)18)3-4-15(7-13)12(19)20/h1-2,5H,3-4,6-7H2,(H,17,18)(H,19,20). The summed E-state index contributed by atoms with van der Waals surface area (Å²) >= 11 is 3.14. The van der Waals surface area contributed by atoms with Gasteiger partial charge in [0.1, 0.15) is 0 Å². The van der Waals surface area contributed by atoms with Crippen molar-refractivity contribution in [3.63, 3.8) is 0 Å². The van der Waals surface area contributed by atoms with Gasteiger partial charge in [-0.25, -0.2) is 4.79 Å². The molecule has 1 saturated heterocycles. The summed E-state index contributed by atoms with van der Waals surface area (Å²) in [6.45, 7) is -0.0726. The van der Waals surface area contributed by atoms with Gasteiger partial charge in [0.2, 0.25) is 0 Å². The number of carboxylic acids is 1. The number of amides is 1. The van der Waals surface area contributed by atoms with Gasteiger partial charge in [-0.05, 0) is 18.9 Å². The summed E-state index contributed by atoms with van der Waals surface area (Å²) in [4.78, 5) is 34.2. The Morgan fingerprint density at radius 1 is 1.41 bits per heavy atom. The van der Waals surface area contributed by atoms with E-state index in [1.54, 1.807) is 6.07 Å². The molecule has 1 unspecified atom stereocenters. The maximum Gasteiger partial charge on any atom is 0.407 e. The Bertz CT molecular complexity index is 649. The molecule has 1 aliphatic heterocycles. The molecule has 1 aromatic rings. The van der Waals surface area contributed by atoms with Crippen molar-refractivity contribution in [2.75, 3.05) is 13.1 Å². The lowest BCUT2D eigenvalue weighted by Crippen LogP contribution is -2.38. The lowest BCUT2D eigenvalue weighted by atomic mass is 9.80. The third-order valence-electron chi connectivity index (χ3n) is 3.85. The van der Waals surface area contributed by atoms with Crippen LogP contribution in [-0.2, 0) is 11.2 Å². The number of benzene rings is 1. The van der Waals surface area contributed by atoms with Crippen LogP contribution in [0.5, 0.6) is 0 Å². The van der Waals surface area contributed by atoms with Crippen LogP contribution in [0.3, 0.4) is 0 Å². The van der Waals surface area contributed by atoms with Crippen molar-refractivity contribution in [2.45, 2.75) is 12.8 Å². The number of aliphatic carboxylic acids is 1. The van der Waals surface area contributed by atoms with Gasteiger partial charge in [-0.2, -0.15) is 0 Å². The fraction of sp³-hybridized carbons (Fsp3) is 0.385. The first-order chi connectivity index (χ1) is 10.2. The molecule has 0 saturated carbocycles. The lowest BCUT2D eigenvalue weighted by molar-refractivity contribution is -0.385. The lowest BCUT2D eigenvalue weighted by Gasteiger charge is -2.24. The topological polar surface area (TPSA) is 121 Å².